The van der Waals surface area contributed by atoms with Gasteiger partial charge in [-0.3, -0.25) is 9.55 Å². The summed E-state index contributed by atoms with van der Waals surface area (Å²) in [5.41, 5.74) is -4.42. The standard InChI is InChI=1S/C13H18N2OS.CHF3O3S/c1-3-9-14-13(17-2)10-15-16-11-12-7-5-4-6-8-12;2-1(3,4)8(5,6)7/h4-8,10H,3,9,11H2,1-2H3;(H,5,6,7)/b14-13?,15-10+;. The van der Waals surface area contributed by atoms with Crippen LogP contribution in [0.3, 0.4) is 0 Å². The molecule has 0 aromatic heterocycles. The number of alkyl halides is 3. The Bertz CT molecular complexity index is 648. The van der Waals surface area contributed by atoms with Crippen molar-refractivity contribution in [3.05, 3.63) is 35.9 Å². The molecule has 6 nitrogen and oxygen atoms in total. The van der Waals surface area contributed by atoms with E-state index in [1.807, 2.05) is 36.6 Å². The van der Waals surface area contributed by atoms with Crippen molar-refractivity contribution < 1.29 is 31.0 Å². The number of hydrogen-bond donors (Lipinski definition) is 1. The average molecular weight is 400 g/mol. The van der Waals surface area contributed by atoms with Crippen molar-refractivity contribution in [1.82, 2.24) is 0 Å². The maximum Gasteiger partial charge on any atom is 0.522 e. The van der Waals surface area contributed by atoms with E-state index in [4.69, 9.17) is 17.8 Å². The summed E-state index contributed by atoms with van der Waals surface area (Å²) in [6.07, 6.45) is 4.70. The molecule has 1 aromatic rings. The summed E-state index contributed by atoms with van der Waals surface area (Å²) in [5.74, 6) is 0. The highest BCUT2D eigenvalue weighted by atomic mass is 32.2. The first-order chi connectivity index (χ1) is 11.6. The van der Waals surface area contributed by atoms with Gasteiger partial charge in [0.2, 0.25) is 0 Å². The van der Waals surface area contributed by atoms with Gasteiger partial charge in [0.25, 0.3) is 0 Å². The Labute approximate surface area is 148 Å². The Morgan fingerprint density at radius 1 is 1.32 bits per heavy atom. The zero-order valence-electron chi connectivity index (χ0n) is 13.6. The van der Waals surface area contributed by atoms with Gasteiger partial charge in [0.1, 0.15) is 11.7 Å². The molecule has 0 aliphatic heterocycles. The highest BCUT2D eigenvalue weighted by Gasteiger charge is 2.44. The molecular formula is C14H19F3N2O4S2. The van der Waals surface area contributed by atoms with E-state index >= 15 is 0 Å². The third-order valence-electron chi connectivity index (χ3n) is 2.30. The summed E-state index contributed by atoms with van der Waals surface area (Å²) in [7, 11) is -5.84. The van der Waals surface area contributed by atoms with Crippen molar-refractivity contribution in [2.75, 3.05) is 12.8 Å². The molecule has 1 N–H and O–H groups in total. The molecule has 0 saturated carbocycles. The van der Waals surface area contributed by atoms with E-state index in [-0.39, 0.29) is 0 Å². The van der Waals surface area contributed by atoms with Crippen LogP contribution < -0.4 is 0 Å². The molecule has 0 saturated heterocycles. The molecule has 1 rings (SSSR count). The molecule has 0 bridgehead atoms. The first-order valence-corrected chi connectivity index (χ1v) is 9.59. The lowest BCUT2D eigenvalue weighted by molar-refractivity contribution is -0.0510. The van der Waals surface area contributed by atoms with Crippen LogP contribution in [0.15, 0.2) is 40.5 Å². The molecule has 0 amide bonds. The van der Waals surface area contributed by atoms with E-state index in [1.165, 1.54) is 0 Å². The van der Waals surface area contributed by atoms with Gasteiger partial charge in [0, 0.05) is 6.54 Å². The number of rotatable bonds is 6. The molecule has 0 spiro atoms. The van der Waals surface area contributed by atoms with E-state index in [2.05, 4.69) is 17.1 Å². The third kappa shape index (κ3) is 11.6. The van der Waals surface area contributed by atoms with Gasteiger partial charge < -0.3 is 4.84 Å². The summed E-state index contributed by atoms with van der Waals surface area (Å²) < 4.78 is 57.5. The monoisotopic (exact) mass is 400 g/mol. The maximum atomic E-state index is 10.7. The predicted molar refractivity (Wildman–Crippen MR) is 93.4 cm³/mol. The number of halogens is 3. The van der Waals surface area contributed by atoms with E-state index in [1.54, 1.807) is 18.0 Å². The van der Waals surface area contributed by atoms with Gasteiger partial charge in [0.15, 0.2) is 0 Å². The van der Waals surface area contributed by atoms with Gasteiger partial charge >= 0.3 is 15.6 Å². The molecule has 0 unspecified atom stereocenters. The topological polar surface area (TPSA) is 88.3 Å². The fourth-order valence-electron chi connectivity index (χ4n) is 1.15. The quantitative estimate of drug-likeness (QED) is 0.258. The Hall–Kier alpha value is -1.59. The van der Waals surface area contributed by atoms with Crippen molar-refractivity contribution in [3.8, 4) is 0 Å². The maximum absolute atomic E-state index is 10.7. The van der Waals surface area contributed by atoms with Gasteiger partial charge in [0.05, 0.1) is 6.21 Å². The minimum Gasteiger partial charge on any atom is -0.391 e. The molecule has 0 aliphatic carbocycles. The molecule has 1 aromatic carbocycles. The fraction of sp³-hybridized carbons (Fsp3) is 0.429. The van der Waals surface area contributed by atoms with Crippen LogP contribution in [0, 0.1) is 0 Å². The summed E-state index contributed by atoms with van der Waals surface area (Å²) in [6, 6.07) is 9.97. The van der Waals surface area contributed by atoms with E-state index in [9.17, 15) is 13.2 Å². The van der Waals surface area contributed by atoms with Crippen LogP contribution in [0.5, 0.6) is 0 Å². The molecule has 142 valence electrons. The van der Waals surface area contributed by atoms with Crippen molar-refractivity contribution in [1.29, 1.82) is 0 Å². The van der Waals surface area contributed by atoms with Gasteiger partial charge in [-0.15, -0.1) is 11.8 Å². The second-order valence-electron chi connectivity index (χ2n) is 4.34. The lowest BCUT2D eigenvalue weighted by Crippen LogP contribution is -2.21. The van der Waals surface area contributed by atoms with Gasteiger partial charge in [-0.25, -0.2) is 0 Å². The number of nitrogens with zero attached hydrogens (tertiary/aromatic N) is 2. The van der Waals surface area contributed by atoms with Crippen molar-refractivity contribution >= 4 is 33.1 Å². The Kier molecular flexibility index (Phi) is 11.1. The first kappa shape index (κ1) is 23.4. The number of thioether (sulfide) groups is 1. The lowest BCUT2D eigenvalue weighted by atomic mass is 10.2. The zero-order valence-corrected chi connectivity index (χ0v) is 15.2. The first-order valence-electron chi connectivity index (χ1n) is 6.93. The molecule has 0 fully saturated rings. The highest BCUT2D eigenvalue weighted by molar-refractivity contribution is 8.14. The molecule has 0 heterocycles. The minimum atomic E-state index is -5.84. The molecular weight excluding hydrogens is 381 g/mol. The van der Waals surface area contributed by atoms with Crippen LogP contribution in [-0.4, -0.2) is 42.5 Å². The van der Waals surface area contributed by atoms with Gasteiger partial charge in [-0.1, -0.05) is 42.4 Å². The number of hydrogen-bond acceptors (Lipinski definition) is 6. The summed E-state index contributed by atoms with van der Waals surface area (Å²) in [5, 5.41) is 4.82. The smallest absolute Gasteiger partial charge is 0.391 e. The summed E-state index contributed by atoms with van der Waals surface area (Å²) in [4.78, 5) is 9.56. The second kappa shape index (κ2) is 11.9. The number of oxime groups is 1. The van der Waals surface area contributed by atoms with Crippen LogP contribution in [0.1, 0.15) is 18.9 Å². The van der Waals surface area contributed by atoms with Crippen molar-refractivity contribution in [2.45, 2.75) is 25.5 Å². The van der Waals surface area contributed by atoms with Crippen molar-refractivity contribution in [2.24, 2.45) is 10.1 Å². The Morgan fingerprint density at radius 3 is 2.32 bits per heavy atom. The largest absolute Gasteiger partial charge is 0.522 e. The minimum absolute atomic E-state index is 0.493. The summed E-state index contributed by atoms with van der Waals surface area (Å²) in [6.45, 7) is 3.43. The number of benzene rings is 1. The Balaban J connectivity index is 0.000000609. The molecule has 0 atom stereocenters. The highest BCUT2D eigenvalue weighted by Crippen LogP contribution is 2.20. The van der Waals surface area contributed by atoms with Gasteiger partial charge in [-0.05, 0) is 18.2 Å². The molecule has 11 heteroatoms. The fourth-order valence-corrected chi connectivity index (χ4v) is 1.52. The van der Waals surface area contributed by atoms with Crippen LogP contribution in [0.4, 0.5) is 13.2 Å². The normalized spacial score (nSPS) is 12.6. The lowest BCUT2D eigenvalue weighted by Gasteiger charge is -1.99. The second-order valence-corrected chi connectivity index (χ2v) is 6.58. The van der Waals surface area contributed by atoms with Crippen LogP contribution in [0.25, 0.3) is 0 Å². The van der Waals surface area contributed by atoms with Crippen LogP contribution in [0.2, 0.25) is 0 Å². The van der Waals surface area contributed by atoms with Crippen LogP contribution >= 0.6 is 11.8 Å². The molecule has 25 heavy (non-hydrogen) atoms. The molecule has 0 radical (unpaired) electrons. The van der Waals surface area contributed by atoms with E-state index in [0.29, 0.717) is 6.61 Å². The summed E-state index contributed by atoms with van der Waals surface area (Å²) >= 11 is 1.58. The van der Waals surface area contributed by atoms with Crippen molar-refractivity contribution in [3.63, 3.8) is 0 Å². The SMILES string of the molecule is CCCN=C(/C=N/OCc1ccccc1)SC.O=S(=O)(O)C(F)(F)F. The van der Waals surface area contributed by atoms with E-state index in [0.717, 1.165) is 23.6 Å². The zero-order chi connectivity index (χ0) is 19.3. The Morgan fingerprint density at radius 2 is 1.88 bits per heavy atom. The molecule has 0 aliphatic rings. The van der Waals surface area contributed by atoms with Gasteiger partial charge in [-0.2, -0.15) is 21.6 Å². The number of aliphatic imine (C=N–C) groups is 1. The predicted octanol–water partition coefficient (Wildman–Crippen LogP) is 3.75. The van der Waals surface area contributed by atoms with E-state index < -0.39 is 15.6 Å². The van der Waals surface area contributed by atoms with Crippen LogP contribution in [-0.2, 0) is 21.6 Å². The average Bonchev–Trinajstić information content (AvgIpc) is 2.54. The third-order valence-corrected chi connectivity index (χ3v) is 3.54.